The van der Waals surface area contributed by atoms with E-state index in [2.05, 4.69) is 5.32 Å². The number of amides is 2. The highest BCUT2D eigenvalue weighted by atomic mass is 32.2. The van der Waals surface area contributed by atoms with Crippen molar-refractivity contribution in [3.63, 3.8) is 0 Å². The third-order valence-corrected chi connectivity index (χ3v) is 8.63. The van der Waals surface area contributed by atoms with Crippen LogP contribution in [-0.2, 0) is 14.8 Å². The Hall–Kier alpha value is -2.99. The quantitative estimate of drug-likeness (QED) is 0.505. The summed E-state index contributed by atoms with van der Waals surface area (Å²) in [7, 11) is -1.92. The summed E-state index contributed by atoms with van der Waals surface area (Å²) >= 11 is 0. The van der Waals surface area contributed by atoms with Crippen molar-refractivity contribution < 1.29 is 32.6 Å². The number of fused-ring (bicyclic) bond motifs is 1. The fourth-order valence-corrected chi connectivity index (χ4v) is 5.06. The molecule has 0 fully saturated rings. The monoisotopic (exact) mass is 589 g/mol. The van der Waals surface area contributed by atoms with Crippen LogP contribution < -0.4 is 10.1 Å². The van der Waals surface area contributed by atoms with E-state index in [1.807, 2.05) is 19.9 Å². The average molecular weight is 590 g/mol. The summed E-state index contributed by atoms with van der Waals surface area (Å²) in [6.07, 6.45) is 2.81. The zero-order valence-corrected chi connectivity index (χ0v) is 25.4. The van der Waals surface area contributed by atoms with E-state index in [1.54, 1.807) is 54.3 Å². The first-order valence-corrected chi connectivity index (χ1v) is 15.9. The van der Waals surface area contributed by atoms with E-state index in [4.69, 9.17) is 9.47 Å². The average Bonchev–Trinajstić information content (AvgIpc) is 2.94. The maximum atomic E-state index is 14.1. The Labute approximate surface area is 243 Å². The van der Waals surface area contributed by atoms with E-state index in [0.717, 1.165) is 25.5 Å². The molecule has 1 heterocycles. The van der Waals surface area contributed by atoms with Gasteiger partial charge in [-0.15, -0.1) is 0 Å². The van der Waals surface area contributed by atoms with Crippen molar-refractivity contribution in [2.24, 2.45) is 5.92 Å². The van der Waals surface area contributed by atoms with E-state index in [0.29, 0.717) is 23.6 Å². The Kier molecular flexibility index (Phi) is 11.7. The molecular weight excluding hydrogens is 546 g/mol. The number of sulfonamides is 1. The molecule has 0 aromatic heterocycles. The lowest BCUT2D eigenvalue weighted by Gasteiger charge is -2.35. The number of nitrogens with one attached hydrogen (secondary N) is 1. The lowest BCUT2D eigenvalue weighted by atomic mass is 10.0. The largest absolute Gasteiger partial charge is 0.490 e. The van der Waals surface area contributed by atoms with Crippen LogP contribution in [0.3, 0.4) is 0 Å². The van der Waals surface area contributed by atoms with Gasteiger partial charge in [-0.2, -0.15) is 0 Å². The fourth-order valence-electron chi connectivity index (χ4n) is 4.64. The highest BCUT2D eigenvalue weighted by Crippen LogP contribution is 2.29. The van der Waals surface area contributed by atoms with Gasteiger partial charge in [0.2, 0.25) is 10.0 Å². The van der Waals surface area contributed by atoms with Crippen molar-refractivity contribution >= 4 is 27.5 Å². The molecule has 0 spiro atoms. The zero-order valence-electron chi connectivity index (χ0n) is 24.6. The molecule has 1 aliphatic heterocycles. The molecule has 0 bridgehead atoms. The Morgan fingerprint density at radius 2 is 1.88 bits per heavy atom. The van der Waals surface area contributed by atoms with Crippen LogP contribution in [0.1, 0.15) is 60.7 Å². The Morgan fingerprint density at radius 1 is 1.17 bits per heavy atom. The molecule has 2 amide bonds. The van der Waals surface area contributed by atoms with E-state index < -0.39 is 22.2 Å². The van der Waals surface area contributed by atoms with Crippen LogP contribution in [0.4, 0.5) is 5.69 Å². The van der Waals surface area contributed by atoms with Crippen LogP contribution in [0.25, 0.3) is 0 Å². The molecule has 10 nitrogen and oxygen atoms in total. The van der Waals surface area contributed by atoms with Gasteiger partial charge in [0.05, 0.1) is 36.7 Å². The number of likely N-dealkylation sites (N-methyl/N-ethyl adjacent to an activating group) is 1. The third-order valence-electron chi connectivity index (χ3n) is 7.35. The Morgan fingerprint density at radius 3 is 2.54 bits per heavy atom. The smallest absolute Gasteiger partial charge is 0.258 e. The molecule has 0 radical (unpaired) electrons. The highest BCUT2D eigenvalue weighted by molar-refractivity contribution is 7.88. The Balaban J connectivity index is 1.99. The summed E-state index contributed by atoms with van der Waals surface area (Å²) in [4.78, 5) is 28.5. The molecule has 11 heteroatoms. The number of anilines is 1. The topological polar surface area (TPSA) is 125 Å². The first kappa shape index (κ1) is 32.5. The van der Waals surface area contributed by atoms with Crippen molar-refractivity contribution in [1.29, 1.82) is 0 Å². The minimum Gasteiger partial charge on any atom is -0.490 e. The summed E-state index contributed by atoms with van der Waals surface area (Å²) in [5, 5.41) is 12.9. The molecule has 0 saturated heterocycles. The van der Waals surface area contributed by atoms with Gasteiger partial charge in [0.15, 0.2) is 0 Å². The van der Waals surface area contributed by atoms with Crippen LogP contribution >= 0.6 is 0 Å². The van der Waals surface area contributed by atoms with Gasteiger partial charge in [0, 0.05) is 43.9 Å². The van der Waals surface area contributed by atoms with Crippen LogP contribution in [-0.4, -0.2) is 92.4 Å². The van der Waals surface area contributed by atoms with Crippen molar-refractivity contribution in [2.45, 2.75) is 58.3 Å². The van der Waals surface area contributed by atoms with Gasteiger partial charge in [-0.1, -0.05) is 25.1 Å². The molecule has 2 aromatic rings. The SMILES string of the molecule is C[C@@H]1CCCCO[C@H](CN(C)S(C)(=O)=O)[C@@H](C)CN([C@@H](C)CO)C(=O)c2cc(NC(=O)c3ccccc3)ccc2O1. The Bertz CT molecular complexity index is 1270. The van der Waals surface area contributed by atoms with E-state index in [9.17, 15) is 23.1 Å². The molecule has 0 unspecified atom stereocenters. The number of benzene rings is 2. The first-order valence-electron chi connectivity index (χ1n) is 14.0. The summed E-state index contributed by atoms with van der Waals surface area (Å²) in [5.74, 6) is -0.546. The van der Waals surface area contributed by atoms with Crippen LogP contribution in [0.15, 0.2) is 48.5 Å². The zero-order chi connectivity index (χ0) is 30.2. The van der Waals surface area contributed by atoms with E-state index in [-0.39, 0.29) is 49.1 Å². The van der Waals surface area contributed by atoms with Gasteiger partial charge in [0.25, 0.3) is 11.8 Å². The molecule has 2 aromatic carbocycles. The molecule has 0 saturated carbocycles. The van der Waals surface area contributed by atoms with E-state index >= 15 is 0 Å². The molecule has 4 atom stereocenters. The van der Waals surface area contributed by atoms with Gasteiger partial charge in [-0.25, -0.2) is 12.7 Å². The summed E-state index contributed by atoms with van der Waals surface area (Å²) in [6.45, 7) is 6.11. The maximum Gasteiger partial charge on any atom is 0.258 e. The molecule has 226 valence electrons. The third kappa shape index (κ3) is 9.26. The van der Waals surface area contributed by atoms with Gasteiger partial charge < -0.3 is 24.8 Å². The summed E-state index contributed by atoms with van der Waals surface area (Å²) < 4.78 is 37.9. The van der Waals surface area contributed by atoms with Gasteiger partial charge >= 0.3 is 0 Å². The second-order valence-electron chi connectivity index (χ2n) is 10.9. The number of hydrogen-bond acceptors (Lipinski definition) is 7. The maximum absolute atomic E-state index is 14.1. The second-order valence-corrected chi connectivity index (χ2v) is 13.0. The van der Waals surface area contributed by atoms with Crippen molar-refractivity contribution in [1.82, 2.24) is 9.21 Å². The van der Waals surface area contributed by atoms with Gasteiger partial charge in [-0.3, -0.25) is 9.59 Å². The molecule has 41 heavy (non-hydrogen) atoms. The van der Waals surface area contributed by atoms with Gasteiger partial charge in [-0.05, 0) is 63.4 Å². The van der Waals surface area contributed by atoms with E-state index in [1.165, 1.54) is 11.4 Å². The number of carbonyl (C=O) groups excluding carboxylic acids is 2. The fraction of sp³-hybridized carbons (Fsp3) is 0.533. The predicted octanol–water partition coefficient (Wildman–Crippen LogP) is 3.63. The lowest BCUT2D eigenvalue weighted by molar-refractivity contribution is -0.00828. The minimum atomic E-state index is -3.43. The normalized spacial score (nSPS) is 21.9. The number of nitrogens with zero attached hydrogens (tertiary/aromatic N) is 2. The second kappa shape index (κ2) is 14.8. The minimum absolute atomic E-state index is 0.140. The number of aliphatic hydroxyl groups excluding tert-OH is 1. The first-order chi connectivity index (χ1) is 19.4. The summed E-state index contributed by atoms with van der Waals surface area (Å²) in [6, 6.07) is 13.2. The number of rotatable bonds is 7. The van der Waals surface area contributed by atoms with Crippen LogP contribution in [0.2, 0.25) is 0 Å². The standard InChI is InChI=1S/C30H43N3O7S/c1-21-18-33(22(2)20-34)30(36)26-17-25(31-29(35)24-12-7-6-8-13-24)14-15-27(26)40-23(3)11-9-10-16-39-28(21)19-32(4)41(5,37)38/h6-8,12-15,17,21-23,28,34H,9-11,16,18-20H2,1-5H3,(H,31,35)/t21-,22-,23+,28+/m0/s1. The molecule has 0 aliphatic carbocycles. The number of aliphatic hydroxyl groups is 1. The molecule has 1 aliphatic rings. The van der Waals surface area contributed by atoms with Crippen molar-refractivity contribution in [3.05, 3.63) is 59.7 Å². The van der Waals surface area contributed by atoms with Gasteiger partial charge in [0.1, 0.15) is 5.75 Å². The molecular formula is C30H43N3O7S. The highest BCUT2D eigenvalue weighted by Gasteiger charge is 2.31. The van der Waals surface area contributed by atoms with Crippen molar-refractivity contribution in [3.8, 4) is 5.75 Å². The number of ether oxygens (including phenoxy) is 2. The number of carbonyl (C=O) groups is 2. The van der Waals surface area contributed by atoms with Crippen LogP contribution in [0, 0.1) is 5.92 Å². The molecule has 2 N–H and O–H groups in total. The number of hydrogen-bond donors (Lipinski definition) is 2. The lowest BCUT2D eigenvalue weighted by Crippen LogP contribution is -2.47. The van der Waals surface area contributed by atoms with Crippen molar-refractivity contribution in [2.75, 3.05) is 44.9 Å². The van der Waals surface area contributed by atoms with Crippen LogP contribution in [0.5, 0.6) is 5.75 Å². The summed E-state index contributed by atoms with van der Waals surface area (Å²) in [5.41, 5.74) is 1.18. The molecule has 3 rings (SSSR count). The predicted molar refractivity (Wildman–Crippen MR) is 159 cm³/mol.